The number of fused-ring (bicyclic) bond motifs is 1. The molecule has 2 atom stereocenters. The van der Waals surface area contributed by atoms with Crippen molar-refractivity contribution in [1.29, 1.82) is 0 Å². The van der Waals surface area contributed by atoms with Crippen molar-refractivity contribution in [3.63, 3.8) is 0 Å². The fourth-order valence-electron chi connectivity index (χ4n) is 4.90. The third kappa shape index (κ3) is 5.94. The fraction of sp³-hybridized carbons (Fsp3) is 0.393. The van der Waals surface area contributed by atoms with Crippen LogP contribution in [-0.4, -0.2) is 64.3 Å². The van der Waals surface area contributed by atoms with E-state index in [1.807, 2.05) is 0 Å². The van der Waals surface area contributed by atoms with Crippen LogP contribution in [0.25, 0.3) is 0 Å². The van der Waals surface area contributed by atoms with E-state index in [4.69, 9.17) is 27.9 Å². The molecule has 0 spiro atoms. The van der Waals surface area contributed by atoms with Gasteiger partial charge in [-0.3, -0.25) is 14.0 Å². The first kappa shape index (κ1) is 29.4. The molecule has 0 radical (unpaired) electrons. The van der Waals surface area contributed by atoms with Gasteiger partial charge in [0.2, 0.25) is 5.91 Å². The summed E-state index contributed by atoms with van der Waals surface area (Å²) in [5.74, 6) is 0.333. The van der Waals surface area contributed by atoms with Crippen molar-refractivity contribution in [2.24, 2.45) is 0 Å². The average molecular weight is 620 g/mol. The van der Waals surface area contributed by atoms with Crippen LogP contribution < -0.4 is 10.1 Å². The minimum absolute atomic E-state index is 0.0101. The number of amides is 1. The van der Waals surface area contributed by atoms with Gasteiger partial charge in [-0.15, -0.1) is 5.10 Å². The first-order valence-electron chi connectivity index (χ1n) is 13.3. The minimum atomic E-state index is -4.19. The van der Waals surface area contributed by atoms with Gasteiger partial charge in [0, 0.05) is 54.6 Å². The van der Waals surface area contributed by atoms with Crippen LogP contribution in [0.2, 0.25) is 10.0 Å². The number of aromatic nitrogens is 3. The third-order valence-corrected chi connectivity index (χ3v) is 10.2. The first-order valence-corrected chi connectivity index (χ1v) is 15.5. The third-order valence-electron chi connectivity index (χ3n) is 7.50. The topological polar surface area (TPSA) is 110 Å². The van der Waals surface area contributed by atoms with Crippen LogP contribution in [0.3, 0.4) is 0 Å². The Hall–Kier alpha value is -3.12. The summed E-state index contributed by atoms with van der Waals surface area (Å²) in [7, 11) is -2.10. The number of aryl methyl sites for hydroxylation is 1. The number of ether oxygens (including phenoxy) is 1. The normalized spacial score (nSPS) is 18.9. The molecule has 2 aliphatic heterocycles. The molecule has 3 aromatic rings. The van der Waals surface area contributed by atoms with Crippen molar-refractivity contribution in [2.75, 3.05) is 13.7 Å². The number of sulfonamides is 1. The van der Waals surface area contributed by atoms with Crippen molar-refractivity contribution in [1.82, 2.24) is 29.5 Å². The molecule has 1 aromatic heterocycles. The molecule has 10 nitrogen and oxygen atoms in total. The highest BCUT2D eigenvalue weighted by Crippen LogP contribution is 2.36. The molecule has 41 heavy (non-hydrogen) atoms. The van der Waals surface area contributed by atoms with Crippen molar-refractivity contribution < 1.29 is 17.9 Å². The molecule has 0 bridgehead atoms. The van der Waals surface area contributed by atoms with Crippen LogP contribution in [0, 0.1) is 6.92 Å². The van der Waals surface area contributed by atoms with Crippen molar-refractivity contribution in [3.05, 3.63) is 81.4 Å². The Bertz CT molecular complexity index is 1610. The maximum Gasteiger partial charge on any atom is 0.266 e. The summed E-state index contributed by atoms with van der Waals surface area (Å²) < 4.78 is 36.1. The fourth-order valence-corrected chi connectivity index (χ4v) is 7.16. The Labute approximate surface area is 249 Å². The van der Waals surface area contributed by atoms with Crippen LogP contribution >= 0.6 is 23.2 Å². The molecule has 2 aliphatic rings. The minimum Gasteiger partial charge on any atom is -0.493 e. The second-order valence-corrected chi connectivity index (χ2v) is 13.3. The Morgan fingerprint density at radius 1 is 1.20 bits per heavy atom. The van der Waals surface area contributed by atoms with Gasteiger partial charge in [-0.1, -0.05) is 40.5 Å². The highest BCUT2D eigenvalue weighted by molar-refractivity contribution is 7.89. The van der Waals surface area contributed by atoms with E-state index in [1.165, 1.54) is 24.5 Å². The molecular formula is C28H32Cl2N6O4S. The number of benzene rings is 2. The largest absolute Gasteiger partial charge is 0.493 e. The summed E-state index contributed by atoms with van der Waals surface area (Å²) in [5.41, 5.74) is 3.19. The summed E-state index contributed by atoms with van der Waals surface area (Å²) in [6.45, 7) is 7.33. The summed E-state index contributed by atoms with van der Waals surface area (Å²) in [5, 5.41) is 11.6. The standard InChI is InChI=1S/C28H32Cl2N6O4S/c1-17(2)34(4)15-19-5-6-21-24(7-10-40-26(21)12-19)35-16-20(32-33-35)13-25-28(37)31-8-9-36(25)41(38,39)27-11-18(3)22(29)14-23(27)30/h5-6,8-9,11-12,14,16-17,24-25H,7,10,13,15H2,1-4H3,(H,31,37). The van der Waals surface area contributed by atoms with Crippen LogP contribution in [0.4, 0.5) is 0 Å². The second-order valence-electron chi connectivity index (χ2n) is 10.6. The van der Waals surface area contributed by atoms with Crippen LogP contribution in [0.5, 0.6) is 5.75 Å². The Kier molecular flexibility index (Phi) is 8.34. The molecule has 5 rings (SSSR count). The van der Waals surface area contributed by atoms with Gasteiger partial charge in [0.1, 0.15) is 16.7 Å². The van der Waals surface area contributed by atoms with Gasteiger partial charge in [0.25, 0.3) is 10.0 Å². The summed E-state index contributed by atoms with van der Waals surface area (Å²) in [6.07, 6.45) is 5.07. The highest BCUT2D eigenvalue weighted by atomic mass is 35.5. The van der Waals surface area contributed by atoms with Gasteiger partial charge in [-0.05, 0) is 57.1 Å². The molecule has 1 N–H and O–H groups in total. The zero-order valence-corrected chi connectivity index (χ0v) is 25.5. The van der Waals surface area contributed by atoms with E-state index < -0.39 is 22.0 Å². The predicted molar refractivity (Wildman–Crippen MR) is 156 cm³/mol. The van der Waals surface area contributed by atoms with E-state index in [9.17, 15) is 13.2 Å². The van der Waals surface area contributed by atoms with Crippen molar-refractivity contribution in [3.8, 4) is 5.75 Å². The van der Waals surface area contributed by atoms with Gasteiger partial charge in [-0.25, -0.2) is 13.1 Å². The van der Waals surface area contributed by atoms with Crippen LogP contribution in [-0.2, 0) is 27.8 Å². The Morgan fingerprint density at radius 2 is 1.98 bits per heavy atom. The molecule has 3 heterocycles. The summed E-state index contributed by atoms with van der Waals surface area (Å²) in [4.78, 5) is 15.0. The first-order chi connectivity index (χ1) is 19.5. The quantitative estimate of drug-likeness (QED) is 0.400. The van der Waals surface area contributed by atoms with Gasteiger partial charge >= 0.3 is 0 Å². The lowest BCUT2D eigenvalue weighted by atomic mass is 9.98. The number of rotatable bonds is 8. The molecule has 2 unspecified atom stereocenters. The highest BCUT2D eigenvalue weighted by Gasteiger charge is 2.37. The molecule has 1 amide bonds. The average Bonchev–Trinajstić information content (AvgIpc) is 3.39. The van der Waals surface area contributed by atoms with E-state index in [0.717, 1.165) is 27.7 Å². The van der Waals surface area contributed by atoms with Crippen LogP contribution in [0.1, 0.15) is 48.7 Å². The van der Waals surface area contributed by atoms with Crippen molar-refractivity contribution in [2.45, 2.75) is 63.2 Å². The number of hydrogen-bond acceptors (Lipinski definition) is 7. The summed E-state index contributed by atoms with van der Waals surface area (Å²) >= 11 is 12.4. The maximum absolute atomic E-state index is 13.6. The van der Waals surface area contributed by atoms with E-state index in [0.29, 0.717) is 35.3 Å². The maximum atomic E-state index is 13.6. The zero-order valence-electron chi connectivity index (χ0n) is 23.2. The number of hydrogen-bond donors (Lipinski definition) is 1. The Balaban J connectivity index is 1.39. The summed E-state index contributed by atoms with van der Waals surface area (Å²) in [6, 6.07) is 8.26. The molecule has 0 saturated heterocycles. The van der Waals surface area contributed by atoms with Crippen molar-refractivity contribution >= 4 is 39.1 Å². The molecule has 2 aromatic carbocycles. The van der Waals surface area contributed by atoms with Gasteiger partial charge < -0.3 is 10.1 Å². The SMILES string of the molecule is Cc1cc(S(=O)(=O)N2C=CNC(=O)C2Cc2cn(C3CCOc4cc(CN(C)C(C)C)ccc43)nn2)c(Cl)cc1Cl. The molecule has 0 saturated carbocycles. The van der Waals surface area contributed by atoms with Gasteiger partial charge in [-0.2, -0.15) is 0 Å². The zero-order chi connectivity index (χ0) is 29.5. The smallest absolute Gasteiger partial charge is 0.266 e. The number of carbonyl (C=O) groups is 1. The molecule has 13 heteroatoms. The number of halogens is 2. The van der Waals surface area contributed by atoms with Gasteiger partial charge in [0.05, 0.1) is 23.4 Å². The van der Waals surface area contributed by atoms with E-state index in [-0.39, 0.29) is 22.4 Å². The number of nitrogens with one attached hydrogen (secondary N) is 1. The molecule has 0 fully saturated rings. The lowest BCUT2D eigenvalue weighted by Crippen LogP contribution is -2.50. The lowest BCUT2D eigenvalue weighted by Gasteiger charge is -2.31. The van der Waals surface area contributed by atoms with E-state index >= 15 is 0 Å². The van der Waals surface area contributed by atoms with E-state index in [2.05, 4.69) is 59.6 Å². The number of nitrogens with zero attached hydrogens (tertiary/aromatic N) is 5. The molecular weight excluding hydrogens is 587 g/mol. The number of carbonyl (C=O) groups excluding carboxylic acids is 1. The van der Waals surface area contributed by atoms with Gasteiger partial charge in [0.15, 0.2) is 0 Å². The second kappa shape index (κ2) is 11.6. The van der Waals surface area contributed by atoms with Crippen LogP contribution in [0.15, 0.2) is 53.8 Å². The lowest BCUT2D eigenvalue weighted by molar-refractivity contribution is -0.124. The molecule has 218 valence electrons. The molecule has 0 aliphatic carbocycles. The predicted octanol–water partition coefficient (Wildman–Crippen LogP) is 4.31. The monoisotopic (exact) mass is 618 g/mol. The van der Waals surface area contributed by atoms with E-state index in [1.54, 1.807) is 17.8 Å². The Morgan fingerprint density at radius 3 is 2.73 bits per heavy atom.